The van der Waals surface area contributed by atoms with Gasteiger partial charge in [-0.1, -0.05) is 168 Å². The zero-order valence-corrected chi connectivity index (χ0v) is 68.9. The van der Waals surface area contributed by atoms with Crippen LogP contribution in [0.15, 0.2) is 228 Å². The predicted octanol–water partition coefficient (Wildman–Crippen LogP) is 17.5. The molecule has 0 bridgehead atoms. The number of benzene rings is 6. The number of halogens is 1. The molecule has 592 valence electrons. The molecule has 4 saturated heterocycles. The minimum atomic E-state index is -0.988. The smallest absolute Gasteiger partial charge is 0.481 e. The van der Waals surface area contributed by atoms with Crippen LogP contribution >= 0.6 is 15.9 Å². The standard InChI is InChI=1S/2C28H32N2O4.C22H26BrNO3.C12H18BNO3/c1-20(21-10-12-22(13-11-21)23-14-16-29-25(18-23)33-4)30-17-15-28(34-26(30)31,19-27(2,3)32)24-8-6-5-7-9-24;1-20(21-10-12-22(13-11-21)23-14-16-29(4)25(31)18-23)30-17-15-28(34-26(30)32,19-27(2,3)33)24-8-6-5-7-9-24;1-16(17-9-11-19(23)12-10-17)24-14-13-22(27-20(24)25,15-21(2,3)26)18-7-5-4-6-8-18;1-11(2)12(3,4)17-13(16-11)9-6-7-14-10(8-9)15-5/h5-14,16,18,20,32H,15,17,19H2,1-4H3;5-14,16,18,20,33H,15,17,19H2,1-4H3;4-12,16,26H,13-15H2,1-3H3;6-8H,1-5H3/t2*20-,28-;16-,22-;/m000./s1. The van der Waals surface area contributed by atoms with E-state index in [0.717, 1.165) is 65.6 Å². The van der Waals surface area contributed by atoms with E-state index in [2.05, 4.69) is 25.9 Å². The normalized spacial score (nSPS) is 20.3. The highest BCUT2D eigenvalue weighted by Gasteiger charge is 2.53. The van der Waals surface area contributed by atoms with Gasteiger partial charge < -0.3 is 67.6 Å². The lowest BCUT2D eigenvalue weighted by molar-refractivity contribution is -0.102. The average molecular weight is 1590 g/mol. The molecule has 3 N–H and O–H groups in total. The molecule has 6 aromatic carbocycles. The quantitative estimate of drug-likeness (QED) is 0.0475. The second-order valence-corrected chi connectivity index (χ2v) is 33.4. The van der Waals surface area contributed by atoms with Crippen molar-refractivity contribution in [1.29, 1.82) is 0 Å². The zero-order chi connectivity index (χ0) is 81.2. The summed E-state index contributed by atoms with van der Waals surface area (Å²) in [6, 6.07) is 63.9. The minimum absolute atomic E-state index is 0.0565. The van der Waals surface area contributed by atoms with Crippen molar-refractivity contribution in [3.8, 4) is 34.0 Å². The first-order valence-electron chi connectivity index (χ1n) is 38.2. The van der Waals surface area contributed by atoms with Gasteiger partial charge in [0.1, 0.15) is 16.8 Å². The summed E-state index contributed by atoms with van der Waals surface area (Å²) < 4.78 is 43.0. The number of aromatic nitrogens is 3. The Labute approximate surface area is 668 Å². The molecule has 0 saturated carbocycles. The van der Waals surface area contributed by atoms with Gasteiger partial charge in [0.05, 0.1) is 60.4 Å². The monoisotopic (exact) mass is 1590 g/mol. The van der Waals surface area contributed by atoms with Crippen molar-refractivity contribution < 1.29 is 62.7 Å². The van der Waals surface area contributed by atoms with E-state index in [1.807, 2.05) is 243 Å². The maximum Gasteiger partial charge on any atom is 0.495 e. The summed E-state index contributed by atoms with van der Waals surface area (Å²) in [5.74, 6) is 1.14. The Morgan fingerprint density at radius 1 is 0.455 bits per heavy atom. The molecule has 6 atom stereocenters. The van der Waals surface area contributed by atoms with Crippen LogP contribution < -0.4 is 20.5 Å². The molecular formula is C90H108BBrN6O14. The van der Waals surface area contributed by atoms with Gasteiger partial charge in [0, 0.05) is 106 Å². The van der Waals surface area contributed by atoms with Crippen LogP contribution in [0.3, 0.4) is 0 Å². The minimum Gasteiger partial charge on any atom is -0.481 e. The van der Waals surface area contributed by atoms with Crippen LogP contribution in [0, 0.1) is 0 Å². The number of nitrogens with zero attached hydrogens (tertiary/aromatic N) is 6. The number of rotatable bonds is 20. The van der Waals surface area contributed by atoms with Crippen molar-refractivity contribution in [1.82, 2.24) is 29.2 Å². The Morgan fingerprint density at radius 2 is 0.786 bits per heavy atom. The lowest BCUT2D eigenvalue weighted by Gasteiger charge is -2.45. The molecule has 0 aliphatic carbocycles. The third-order valence-corrected chi connectivity index (χ3v) is 22.2. The Bertz CT molecular complexity index is 4680. The lowest BCUT2D eigenvalue weighted by Crippen LogP contribution is -2.51. The molecule has 4 fully saturated rings. The third kappa shape index (κ3) is 21.0. The molecule has 0 unspecified atom stereocenters. The van der Waals surface area contributed by atoms with Crippen molar-refractivity contribution >= 4 is 46.8 Å². The number of pyridine rings is 3. The average Bonchev–Trinajstić information content (AvgIpc) is 0.842. The summed E-state index contributed by atoms with van der Waals surface area (Å²) >= 11 is 3.44. The van der Waals surface area contributed by atoms with Gasteiger partial charge in [0.25, 0.3) is 5.56 Å². The fraction of sp³-hybridized carbons (Fsp3) is 0.400. The van der Waals surface area contributed by atoms with Gasteiger partial charge in [0.15, 0.2) is 0 Å². The molecule has 0 radical (unpaired) electrons. The molecule has 13 rings (SSSR count). The van der Waals surface area contributed by atoms with E-state index in [9.17, 15) is 34.5 Å². The van der Waals surface area contributed by atoms with E-state index in [1.54, 1.807) is 102 Å². The van der Waals surface area contributed by atoms with Gasteiger partial charge >= 0.3 is 25.4 Å². The predicted molar refractivity (Wildman–Crippen MR) is 440 cm³/mol. The van der Waals surface area contributed by atoms with Gasteiger partial charge in [-0.3, -0.25) is 4.79 Å². The number of aliphatic hydroxyl groups is 3. The first-order chi connectivity index (χ1) is 52.8. The van der Waals surface area contributed by atoms with Crippen molar-refractivity contribution in [3.63, 3.8) is 0 Å². The van der Waals surface area contributed by atoms with E-state index >= 15 is 0 Å². The second kappa shape index (κ2) is 35.2. The van der Waals surface area contributed by atoms with Gasteiger partial charge in [-0.05, 0) is 181 Å². The Morgan fingerprint density at radius 3 is 1.12 bits per heavy atom. The van der Waals surface area contributed by atoms with Crippen LogP contribution in [0.5, 0.6) is 11.8 Å². The summed E-state index contributed by atoms with van der Waals surface area (Å²) in [7, 11) is 4.55. The van der Waals surface area contributed by atoms with E-state index in [-0.39, 0.29) is 60.3 Å². The summed E-state index contributed by atoms with van der Waals surface area (Å²) in [5, 5.41) is 31.6. The van der Waals surface area contributed by atoms with Crippen LogP contribution in [0.25, 0.3) is 22.3 Å². The van der Waals surface area contributed by atoms with Gasteiger partial charge in [-0.2, -0.15) is 0 Å². The zero-order valence-electron chi connectivity index (χ0n) is 67.4. The van der Waals surface area contributed by atoms with Crippen molar-refractivity contribution in [2.24, 2.45) is 7.05 Å². The molecule has 4 aliphatic rings. The van der Waals surface area contributed by atoms with Gasteiger partial charge in [-0.25, -0.2) is 24.4 Å². The highest BCUT2D eigenvalue weighted by atomic mass is 79.9. The van der Waals surface area contributed by atoms with Crippen LogP contribution in [-0.2, 0) is 47.4 Å². The fourth-order valence-electron chi connectivity index (χ4n) is 15.0. The van der Waals surface area contributed by atoms with Gasteiger partial charge in [0.2, 0.25) is 11.8 Å². The molecular weight excluding hydrogens is 1480 g/mol. The van der Waals surface area contributed by atoms with Crippen molar-refractivity contribution in [2.75, 3.05) is 33.9 Å². The largest absolute Gasteiger partial charge is 0.495 e. The molecule has 3 amide bonds. The highest BCUT2D eigenvalue weighted by molar-refractivity contribution is 9.10. The number of methoxy groups -OCH3 is 2. The molecule has 9 aromatic rings. The number of aryl methyl sites for hydroxylation is 1. The first kappa shape index (κ1) is 84.8. The Kier molecular flexibility index (Phi) is 26.6. The van der Waals surface area contributed by atoms with E-state index in [0.29, 0.717) is 69.9 Å². The number of ether oxygens (including phenoxy) is 5. The maximum absolute atomic E-state index is 13.2. The number of hydrogen-bond acceptors (Lipinski definition) is 16. The van der Waals surface area contributed by atoms with Crippen LogP contribution in [0.1, 0.15) is 180 Å². The van der Waals surface area contributed by atoms with E-state index < -0.39 is 33.6 Å². The van der Waals surface area contributed by atoms with Crippen LogP contribution in [0.2, 0.25) is 0 Å². The summed E-state index contributed by atoms with van der Waals surface area (Å²) in [4.78, 5) is 64.9. The van der Waals surface area contributed by atoms with Crippen LogP contribution in [-0.4, -0.2) is 132 Å². The second-order valence-electron chi connectivity index (χ2n) is 32.5. The van der Waals surface area contributed by atoms with Crippen LogP contribution in [0.4, 0.5) is 14.4 Å². The molecule has 4 aliphatic heterocycles. The Balaban J connectivity index is 0.000000163. The number of carbonyl (C=O) groups excluding carboxylic acids is 3. The molecule has 112 heavy (non-hydrogen) atoms. The lowest BCUT2D eigenvalue weighted by atomic mass is 9.80. The van der Waals surface area contributed by atoms with Gasteiger partial charge in [-0.15, -0.1) is 0 Å². The van der Waals surface area contributed by atoms with E-state index in [4.69, 9.17) is 33.0 Å². The summed E-state index contributed by atoms with van der Waals surface area (Å²) in [6.07, 6.45) is 6.91. The first-order valence-corrected chi connectivity index (χ1v) is 38.9. The molecule has 3 aromatic heterocycles. The van der Waals surface area contributed by atoms with E-state index in [1.165, 1.54) is 4.57 Å². The number of hydrogen-bond donors (Lipinski definition) is 3. The SMILES string of the molecule is COc1cc(-c2ccc([C@H](C)N3CC[C@](CC(C)(C)O)(c4ccccc4)OC3=O)cc2)ccn1.COc1cc(B2OC(C)(C)C(C)(C)O2)ccn1.C[C@@H](c1ccc(-c2ccn(C)c(=O)c2)cc1)N1CC[C@](CC(C)(C)O)(c2ccccc2)OC1=O.C[C@@H](c1ccc(Br)cc1)N1CC[C@](CC(C)(C)O)(c2ccccc2)OC1=O. The van der Waals surface area contributed by atoms with Crippen molar-refractivity contribution in [2.45, 2.75) is 191 Å². The fourth-order valence-corrected chi connectivity index (χ4v) is 15.2. The topological polar surface area (TPSA) is 234 Å². The number of amides is 3. The molecule has 22 heteroatoms. The summed E-state index contributed by atoms with van der Waals surface area (Å²) in [5.41, 5.74) is 4.46. The third-order valence-electron chi connectivity index (χ3n) is 21.6. The summed E-state index contributed by atoms with van der Waals surface area (Å²) in [6.45, 7) is 26.2. The maximum atomic E-state index is 13.2. The molecule has 20 nitrogen and oxygen atoms in total. The van der Waals surface area contributed by atoms with Crippen molar-refractivity contribution in [3.05, 3.63) is 267 Å². The number of cyclic esters (lactones) is 3. The molecule has 7 heterocycles. The highest BCUT2D eigenvalue weighted by Crippen LogP contribution is 2.47. The Hall–Kier alpha value is -9.68. The molecule has 0 spiro atoms. The number of carbonyl (C=O) groups is 3.